The minimum Gasteiger partial charge on any atom is -0.242 e. The average Bonchev–Trinajstić information content (AvgIpc) is 2.93. The molecule has 2 saturated carbocycles. The smallest absolute Gasteiger partial charge is 0.0979 e. The second-order valence-corrected chi connectivity index (χ2v) is 16.8. The predicted octanol–water partition coefficient (Wildman–Crippen LogP) is 8.75. The van der Waals surface area contributed by atoms with Gasteiger partial charge in [0.25, 0.3) is 0 Å². The first kappa shape index (κ1) is 27.0. The van der Waals surface area contributed by atoms with Crippen LogP contribution in [0.3, 0.4) is 0 Å². The molecular weight excluding hydrogens is 489 g/mol. The SMILES string of the molecule is CC(C)(C)S(=O)NC(c1ccccc1P(C1CCCCC1)C1CCCCC1)c1cccc2ccccc12. The third-order valence-corrected chi connectivity index (χ3v) is 13.5. The van der Waals surface area contributed by atoms with E-state index in [0.717, 1.165) is 11.3 Å². The lowest BCUT2D eigenvalue weighted by atomic mass is 9.94. The third-order valence-electron chi connectivity index (χ3n) is 8.38. The van der Waals surface area contributed by atoms with Crippen LogP contribution in [0.25, 0.3) is 10.8 Å². The van der Waals surface area contributed by atoms with Crippen molar-refractivity contribution in [2.75, 3.05) is 0 Å². The van der Waals surface area contributed by atoms with Crippen LogP contribution in [-0.2, 0) is 11.0 Å². The Balaban J connectivity index is 1.65. The minimum absolute atomic E-state index is 0.0976. The van der Waals surface area contributed by atoms with Crippen molar-refractivity contribution in [2.24, 2.45) is 0 Å². The van der Waals surface area contributed by atoms with Gasteiger partial charge in [-0.1, -0.05) is 113 Å². The highest BCUT2D eigenvalue weighted by Gasteiger charge is 2.35. The van der Waals surface area contributed by atoms with E-state index in [2.05, 4.69) is 92.2 Å². The molecule has 0 heterocycles. The normalized spacial score (nSPS) is 19.8. The maximum absolute atomic E-state index is 13.6. The Labute approximate surface area is 228 Å². The molecule has 37 heavy (non-hydrogen) atoms. The second-order valence-electron chi connectivity index (χ2n) is 12.1. The fraction of sp³-hybridized carbons (Fsp3) is 0.515. The molecule has 0 saturated heterocycles. The van der Waals surface area contributed by atoms with E-state index in [1.54, 1.807) is 5.30 Å². The Morgan fingerprint density at radius 1 is 0.730 bits per heavy atom. The highest BCUT2D eigenvalue weighted by molar-refractivity contribution is 7.84. The van der Waals surface area contributed by atoms with Gasteiger partial charge in [0.1, 0.15) is 0 Å². The molecule has 1 N–H and O–H groups in total. The lowest BCUT2D eigenvalue weighted by molar-refractivity contribution is 0.487. The largest absolute Gasteiger partial charge is 0.242 e. The van der Waals surface area contributed by atoms with E-state index in [1.807, 2.05) is 0 Å². The van der Waals surface area contributed by atoms with E-state index >= 15 is 0 Å². The van der Waals surface area contributed by atoms with Crippen LogP contribution in [0.15, 0.2) is 66.7 Å². The standard InChI is InChI=1S/C33H44NOPS/c1-33(2,3)37(35)34-32(29-23-14-16-25-15-10-11-21-28(25)29)30-22-12-13-24-31(30)36(26-17-6-4-7-18-26)27-19-8-5-9-20-27/h10-16,21-24,26-27,32,34H,4-9,17-20H2,1-3H3. The number of hydrogen-bond donors (Lipinski definition) is 1. The van der Waals surface area contributed by atoms with Gasteiger partial charge in [0.05, 0.1) is 21.8 Å². The van der Waals surface area contributed by atoms with Crippen molar-refractivity contribution in [1.82, 2.24) is 4.72 Å². The monoisotopic (exact) mass is 533 g/mol. The maximum Gasteiger partial charge on any atom is 0.0979 e. The first-order valence-electron chi connectivity index (χ1n) is 14.5. The van der Waals surface area contributed by atoms with Crippen molar-refractivity contribution in [3.8, 4) is 0 Å². The number of rotatable bonds is 7. The van der Waals surface area contributed by atoms with Crippen molar-refractivity contribution >= 4 is 35.0 Å². The summed E-state index contributed by atoms with van der Waals surface area (Å²) in [5, 5.41) is 4.07. The van der Waals surface area contributed by atoms with Crippen molar-refractivity contribution in [2.45, 2.75) is 107 Å². The summed E-state index contributed by atoms with van der Waals surface area (Å²) in [6, 6.07) is 24.4. The van der Waals surface area contributed by atoms with Crippen LogP contribution in [0, 0.1) is 0 Å². The Hall–Kier alpha value is -1.54. The van der Waals surface area contributed by atoms with Crippen LogP contribution in [0.5, 0.6) is 0 Å². The summed E-state index contributed by atoms with van der Waals surface area (Å²) in [7, 11) is -1.46. The highest BCUT2D eigenvalue weighted by atomic mass is 32.2. The molecule has 3 aromatic carbocycles. The van der Waals surface area contributed by atoms with Gasteiger partial charge in [-0.3, -0.25) is 0 Å². The average molecular weight is 534 g/mol. The van der Waals surface area contributed by atoms with Crippen molar-refractivity contribution < 1.29 is 4.21 Å². The number of nitrogens with one attached hydrogen (secondary N) is 1. The summed E-state index contributed by atoms with van der Waals surface area (Å²) in [6.45, 7) is 6.21. The highest BCUT2D eigenvalue weighted by Crippen LogP contribution is 2.56. The quantitative estimate of drug-likeness (QED) is 0.302. The zero-order valence-electron chi connectivity index (χ0n) is 22.9. The van der Waals surface area contributed by atoms with Crippen molar-refractivity contribution in [3.05, 3.63) is 77.9 Å². The number of benzene rings is 3. The van der Waals surface area contributed by atoms with E-state index in [4.69, 9.17) is 0 Å². The van der Waals surface area contributed by atoms with Crippen LogP contribution in [0.4, 0.5) is 0 Å². The zero-order chi connectivity index (χ0) is 25.8. The molecule has 0 aromatic heterocycles. The van der Waals surface area contributed by atoms with E-state index < -0.39 is 11.0 Å². The molecule has 0 aliphatic heterocycles. The molecule has 198 valence electrons. The predicted molar refractivity (Wildman–Crippen MR) is 164 cm³/mol. The second kappa shape index (κ2) is 12.1. The molecule has 2 unspecified atom stereocenters. The molecule has 0 amide bonds. The topological polar surface area (TPSA) is 29.1 Å². The number of hydrogen-bond acceptors (Lipinski definition) is 1. The van der Waals surface area contributed by atoms with Crippen LogP contribution < -0.4 is 10.0 Å². The first-order chi connectivity index (χ1) is 17.9. The molecule has 0 bridgehead atoms. The lowest BCUT2D eigenvalue weighted by Crippen LogP contribution is -2.38. The summed E-state index contributed by atoms with van der Waals surface area (Å²) in [5.41, 5.74) is 4.26. The molecule has 4 heteroatoms. The van der Waals surface area contributed by atoms with Gasteiger partial charge in [-0.15, -0.1) is 0 Å². The minimum atomic E-state index is -1.19. The maximum atomic E-state index is 13.6. The first-order valence-corrected chi connectivity index (χ1v) is 17.1. The van der Waals surface area contributed by atoms with E-state index in [9.17, 15) is 4.21 Å². The van der Waals surface area contributed by atoms with E-state index in [1.165, 1.54) is 86.1 Å². The Morgan fingerprint density at radius 2 is 1.27 bits per heavy atom. The van der Waals surface area contributed by atoms with Crippen molar-refractivity contribution in [3.63, 3.8) is 0 Å². The fourth-order valence-corrected chi connectivity index (χ4v) is 11.3. The summed E-state index contributed by atoms with van der Waals surface area (Å²) >= 11 is 0. The van der Waals surface area contributed by atoms with Crippen LogP contribution >= 0.6 is 7.92 Å². The third kappa shape index (κ3) is 6.21. The molecule has 0 radical (unpaired) electrons. The van der Waals surface area contributed by atoms with Gasteiger partial charge in [-0.05, 0) is 85.0 Å². The van der Waals surface area contributed by atoms with Crippen molar-refractivity contribution in [1.29, 1.82) is 0 Å². The van der Waals surface area contributed by atoms with Gasteiger partial charge in [-0.25, -0.2) is 8.93 Å². The Morgan fingerprint density at radius 3 is 1.92 bits per heavy atom. The fourth-order valence-electron chi connectivity index (χ4n) is 6.46. The van der Waals surface area contributed by atoms with E-state index in [-0.39, 0.29) is 18.7 Å². The molecule has 2 aliphatic carbocycles. The van der Waals surface area contributed by atoms with Gasteiger partial charge in [0.2, 0.25) is 0 Å². The molecular formula is C33H44NOPS. The Bertz CT molecular complexity index is 1180. The van der Waals surface area contributed by atoms with Crippen LogP contribution in [0.1, 0.15) is 102 Å². The lowest BCUT2D eigenvalue weighted by Gasteiger charge is -2.40. The Kier molecular flexibility index (Phi) is 8.85. The van der Waals surface area contributed by atoms with Gasteiger partial charge < -0.3 is 0 Å². The summed E-state index contributed by atoms with van der Waals surface area (Å²) in [4.78, 5) is 0. The van der Waals surface area contributed by atoms with Gasteiger partial charge >= 0.3 is 0 Å². The molecule has 2 fully saturated rings. The number of fused-ring (bicyclic) bond motifs is 1. The van der Waals surface area contributed by atoms with E-state index in [0.29, 0.717) is 0 Å². The summed E-state index contributed by atoms with van der Waals surface area (Å²) < 4.78 is 17.0. The van der Waals surface area contributed by atoms with Gasteiger partial charge in [0, 0.05) is 0 Å². The summed E-state index contributed by atoms with van der Waals surface area (Å²) in [6.07, 6.45) is 13.9. The van der Waals surface area contributed by atoms with Crippen LogP contribution in [0.2, 0.25) is 0 Å². The molecule has 5 rings (SSSR count). The molecule has 2 atom stereocenters. The molecule has 3 aromatic rings. The molecule has 2 nitrogen and oxygen atoms in total. The molecule has 2 aliphatic rings. The molecule has 0 spiro atoms. The van der Waals surface area contributed by atoms with Gasteiger partial charge in [0.15, 0.2) is 0 Å². The van der Waals surface area contributed by atoms with Gasteiger partial charge in [-0.2, -0.15) is 0 Å². The summed E-state index contributed by atoms with van der Waals surface area (Å²) in [5.74, 6) is 0. The zero-order valence-corrected chi connectivity index (χ0v) is 24.6. The van der Waals surface area contributed by atoms with Crippen LogP contribution in [-0.4, -0.2) is 20.3 Å².